The van der Waals surface area contributed by atoms with E-state index in [2.05, 4.69) is 5.32 Å². The van der Waals surface area contributed by atoms with Gasteiger partial charge in [-0.25, -0.2) is 0 Å². The Hall–Kier alpha value is -1.68. The van der Waals surface area contributed by atoms with Crippen molar-refractivity contribution < 1.29 is 9.59 Å². The van der Waals surface area contributed by atoms with Crippen LogP contribution < -0.4 is 11.1 Å². The van der Waals surface area contributed by atoms with Crippen LogP contribution in [0.5, 0.6) is 0 Å². The molecule has 0 heterocycles. The lowest BCUT2D eigenvalue weighted by Gasteiger charge is -2.08. The van der Waals surface area contributed by atoms with E-state index in [-0.39, 0.29) is 24.2 Å². The summed E-state index contributed by atoms with van der Waals surface area (Å²) in [5.41, 5.74) is 6.41. The summed E-state index contributed by atoms with van der Waals surface area (Å²) in [6, 6.07) is 6.78. The number of hydrogen-bond acceptors (Lipinski definition) is 3. The normalized spacial score (nSPS) is 10.2. The maximum Gasteiger partial charge on any atom is 0.226 e. The molecule has 16 heavy (non-hydrogen) atoms. The minimum Gasteiger partial charge on any atom is -0.326 e. The van der Waals surface area contributed by atoms with Crippen molar-refractivity contribution in [2.45, 2.75) is 13.8 Å². The van der Waals surface area contributed by atoms with Gasteiger partial charge in [-0.05, 0) is 12.1 Å². The highest BCUT2D eigenvalue weighted by atomic mass is 16.1. The Morgan fingerprint density at radius 2 is 2.06 bits per heavy atom. The Morgan fingerprint density at radius 3 is 2.62 bits per heavy atom. The number of rotatable bonds is 4. The summed E-state index contributed by atoms with van der Waals surface area (Å²) in [5, 5.41) is 2.73. The second kappa shape index (κ2) is 5.42. The van der Waals surface area contributed by atoms with Gasteiger partial charge in [0.1, 0.15) is 0 Å². The number of hydrogen-bond donors (Lipinski definition) is 2. The van der Waals surface area contributed by atoms with Crippen LogP contribution >= 0.6 is 0 Å². The molecule has 1 amide bonds. The van der Waals surface area contributed by atoms with E-state index in [0.717, 1.165) is 0 Å². The molecule has 0 radical (unpaired) electrons. The molecule has 3 N–H and O–H groups in total. The summed E-state index contributed by atoms with van der Waals surface area (Å²) < 4.78 is 0. The highest BCUT2D eigenvalue weighted by Crippen LogP contribution is 2.12. The maximum absolute atomic E-state index is 11.4. The van der Waals surface area contributed by atoms with Crippen LogP contribution in [0.25, 0.3) is 0 Å². The molecule has 0 saturated carbocycles. The van der Waals surface area contributed by atoms with Crippen molar-refractivity contribution in [2.24, 2.45) is 11.7 Å². The van der Waals surface area contributed by atoms with E-state index in [1.807, 2.05) is 13.8 Å². The molecule has 0 aromatic heterocycles. The van der Waals surface area contributed by atoms with Crippen LogP contribution in [0.1, 0.15) is 24.2 Å². The lowest BCUT2D eigenvalue weighted by Crippen LogP contribution is -2.18. The molecule has 0 atom stereocenters. The highest BCUT2D eigenvalue weighted by Gasteiger charge is 2.08. The van der Waals surface area contributed by atoms with Crippen LogP contribution in [0.2, 0.25) is 0 Å². The van der Waals surface area contributed by atoms with Crippen molar-refractivity contribution in [3.05, 3.63) is 29.8 Å². The van der Waals surface area contributed by atoms with E-state index in [1.54, 1.807) is 24.3 Å². The Balaban J connectivity index is 2.83. The van der Waals surface area contributed by atoms with Crippen LogP contribution in [-0.2, 0) is 4.79 Å². The van der Waals surface area contributed by atoms with Gasteiger partial charge >= 0.3 is 0 Å². The summed E-state index contributed by atoms with van der Waals surface area (Å²) >= 11 is 0. The van der Waals surface area contributed by atoms with Crippen LogP contribution in [0.15, 0.2) is 24.3 Å². The molecular weight excluding hydrogens is 204 g/mol. The van der Waals surface area contributed by atoms with Gasteiger partial charge in [-0.15, -0.1) is 0 Å². The quantitative estimate of drug-likeness (QED) is 0.754. The van der Waals surface area contributed by atoms with E-state index < -0.39 is 0 Å². The summed E-state index contributed by atoms with van der Waals surface area (Å²) in [6.07, 6.45) is 0. The summed E-state index contributed by atoms with van der Waals surface area (Å²) in [6.45, 7) is 3.59. The van der Waals surface area contributed by atoms with Crippen molar-refractivity contribution in [1.82, 2.24) is 0 Å². The third kappa shape index (κ3) is 3.17. The maximum atomic E-state index is 11.4. The largest absolute Gasteiger partial charge is 0.326 e. The van der Waals surface area contributed by atoms with E-state index >= 15 is 0 Å². The first kappa shape index (κ1) is 12.4. The van der Waals surface area contributed by atoms with Gasteiger partial charge in [0, 0.05) is 17.2 Å². The highest BCUT2D eigenvalue weighted by molar-refractivity contribution is 5.99. The van der Waals surface area contributed by atoms with E-state index in [9.17, 15) is 9.59 Å². The number of nitrogens with two attached hydrogens (primary N) is 1. The lowest BCUT2D eigenvalue weighted by atomic mass is 10.1. The molecule has 86 valence electrons. The lowest BCUT2D eigenvalue weighted by molar-refractivity contribution is -0.118. The number of carbonyl (C=O) groups is 2. The Bertz CT molecular complexity index is 400. The van der Waals surface area contributed by atoms with Gasteiger partial charge in [-0.1, -0.05) is 26.0 Å². The second-order valence-electron chi connectivity index (χ2n) is 3.85. The number of Topliss-reactive ketones (excluding diaryl/α,β-unsaturated/α-hetero) is 1. The molecule has 1 aromatic rings. The van der Waals surface area contributed by atoms with Crippen molar-refractivity contribution >= 4 is 17.4 Å². The molecule has 0 fully saturated rings. The van der Waals surface area contributed by atoms with Crippen molar-refractivity contribution in [3.63, 3.8) is 0 Å². The van der Waals surface area contributed by atoms with Crippen LogP contribution in [0, 0.1) is 5.92 Å². The van der Waals surface area contributed by atoms with E-state index in [1.165, 1.54) is 0 Å². The van der Waals surface area contributed by atoms with Crippen molar-refractivity contribution in [1.29, 1.82) is 0 Å². The standard InChI is InChI=1S/C12H16N2O2/c1-8(2)12(16)14-10-5-3-4-9(6-10)11(15)7-13/h3-6,8H,7,13H2,1-2H3,(H,14,16). The van der Waals surface area contributed by atoms with Crippen LogP contribution in [0.4, 0.5) is 5.69 Å². The molecule has 4 nitrogen and oxygen atoms in total. The third-order valence-electron chi connectivity index (χ3n) is 2.16. The van der Waals surface area contributed by atoms with Gasteiger partial charge in [0.15, 0.2) is 5.78 Å². The molecule has 4 heteroatoms. The zero-order valence-corrected chi connectivity index (χ0v) is 9.49. The minimum atomic E-state index is -0.138. The zero-order valence-electron chi connectivity index (χ0n) is 9.49. The van der Waals surface area contributed by atoms with Gasteiger partial charge in [0.05, 0.1) is 6.54 Å². The Morgan fingerprint density at radius 1 is 1.38 bits per heavy atom. The second-order valence-corrected chi connectivity index (χ2v) is 3.85. The van der Waals surface area contributed by atoms with Gasteiger partial charge in [-0.2, -0.15) is 0 Å². The molecule has 0 aliphatic heterocycles. The third-order valence-corrected chi connectivity index (χ3v) is 2.16. The average molecular weight is 220 g/mol. The predicted octanol–water partition coefficient (Wildman–Crippen LogP) is 1.42. The summed E-state index contributed by atoms with van der Waals surface area (Å²) in [7, 11) is 0. The summed E-state index contributed by atoms with van der Waals surface area (Å²) in [4.78, 5) is 22.8. The van der Waals surface area contributed by atoms with Gasteiger partial charge in [0.25, 0.3) is 0 Å². The number of benzene rings is 1. The number of amides is 1. The fourth-order valence-electron chi connectivity index (χ4n) is 1.17. The molecule has 0 saturated heterocycles. The minimum absolute atomic E-state index is 0.0262. The molecular formula is C12H16N2O2. The first-order valence-electron chi connectivity index (χ1n) is 5.18. The fourth-order valence-corrected chi connectivity index (χ4v) is 1.17. The first-order chi connectivity index (χ1) is 7.54. The van der Waals surface area contributed by atoms with E-state index in [0.29, 0.717) is 11.3 Å². The molecule has 1 rings (SSSR count). The summed E-state index contributed by atoms with van der Waals surface area (Å²) in [5.74, 6) is -0.299. The SMILES string of the molecule is CC(C)C(=O)Nc1cccc(C(=O)CN)c1. The first-order valence-corrected chi connectivity index (χ1v) is 5.18. The van der Waals surface area contributed by atoms with Crippen molar-refractivity contribution in [3.8, 4) is 0 Å². The molecule has 0 bridgehead atoms. The molecule has 0 spiro atoms. The number of anilines is 1. The van der Waals surface area contributed by atoms with Gasteiger partial charge in [0.2, 0.25) is 5.91 Å². The van der Waals surface area contributed by atoms with Gasteiger partial charge < -0.3 is 11.1 Å². The van der Waals surface area contributed by atoms with Crippen LogP contribution in [-0.4, -0.2) is 18.2 Å². The fraction of sp³-hybridized carbons (Fsp3) is 0.333. The molecule has 0 unspecified atom stereocenters. The van der Waals surface area contributed by atoms with E-state index in [4.69, 9.17) is 5.73 Å². The number of carbonyl (C=O) groups excluding carboxylic acids is 2. The number of ketones is 1. The smallest absolute Gasteiger partial charge is 0.226 e. The zero-order chi connectivity index (χ0) is 12.1. The average Bonchev–Trinajstić information content (AvgIpc) is 2.28. The predicted molar refractivity (Wildman–Crippen MR) is 63.3 cm³/mol. The van der Waals surface area contributed by atoms with Gasteiger partial charge in [-0.3, -0.25) is 9.59 Å². The Kier molecular flexibility index (Phi) is 4.19. The molecule has 0 aliphatic rings. The number of nitrogens with one attached hydrogen (secondary N) is 1. The Labute approximate surface area is 94.8 Å². The monoisotopic (exact) mass is 220 g/mol. The van der Waals surface area contributed by atoms with Crippen molar-refractivity contribution in [2.75, 3.05) is 11.9 Å². The molecule has 0 aliphatic carbocycles. The topological polar surface area (TPSA) is 72.2 Å². The van der Waals surface area contributed by atoms with Crippen LogP contribution in [0.3, 0.4) is 0 Å². The molecule has 1 aromatic carbocycles.